The normalized spacial score (nSPS) is 14.3. The smallest absolute Gasteiger partial charge is 0.254 e. The molecule has 0 radical (unpaired) electrons. The molecule has 0 aliphatic carbocycles. The molecule has 188 valence electrons. The van der Waals surface area contributed by atoms with Crippen molar-refractivity contribution in [3.63, 3.8) is 0 Å². The van der Waals surface area contributed by atoms with Gasteiger partial charge in [-0.25, -0.2) is 13.5 Å². The van der Waals surface area contributed by atoms with Crippen molar-refractivity contribution in [3.8, 4) is 5.95 Å². The molecule has 1 aliphatic rings. The summed E-state index contributed by atoms with van der Waals surface area (Å²) in [5.41, 5.74) is 8.28. The van der Waals surface area contributed by atoms with E-state index in [0.717, 1.165) is 37.0 Å². The number of rotatable bonds is 8. The number of aliphatic hydroxyl groups excluding tert-OH is 1. The molecule has 0 atom stereocenters. The molecule has 12 heteroatoms. The lowest BCUT2D eigenvalue weighted by molar-refractivity contribution is 0.284. The largest absolute Gasteiger partial charge is 0.395 e. The van der Waals surface area contributed by atoms with Crippen LogP contribution in [0.3, 0.4) is 0 Å². The second-order valence-electron chi connectivity index (χ2n) is 8.04. The highest BCUT2D eigenvalue weighted by Gasteiger charge is 2.17. The van der Waals surface area contributed by atoms with E-state index in [0.29, 0.717) is 42.9 Å². The predicted octanol–water partition coefficient (Wildman–Crippen LogP) is 2.49. The summed E-state index contributed by atoms with van der Waals surface area (Å²) in [7, 11) is 0. The summed E-state index contributed by atoms with van der Waals surface area (Å²) >= 11 is 0. The average molecular weight is 507 g/mol. The van der Waals surface area contributed by atoms with Crippen molar-refractivity contribution in [1.29, 1.82) is 0 Å². The minimum atomic E-state index is -0.558. The third-order valence-electron chi connectivity index (χ3n) is 5.64. The van der Waals surface area contributed by atoms with Crippen LogP contribution in [0.4, 0.5) is 26.1 Å². The van der Waals surface area contributed by atoms with Gasteiger partial charge in [0, 0.05) is 62.7 Å². The molecule has 4 N–H and O–H groups in total. The van der Waals surface area contributed by atoms with Crippen molar-refractivity contribution in [3.05, 3.63) is 59.4 Å². The molecule has 9 nitrogen and oxygen atoms in total. The van der Waals surface area contributed by atoms with E-state index in [1.807, 2.05) is 17.9 Å². The fraction of sp³-hybridized carbons (Fsp3) is 0.348. The van der Waals surface area contributed by atoms with E-state index < -0.39 is 11.6 Å². The van der Waals surface area contributed by atoms with Gasteiger partial charge in [0.2, 0.25) is 0 Å². The zero-order valence-electron chi connectivity index (χ0n) is 19.4. The van der Waals surface area contributed by atoms with Gasteiger partial charge in [-0.15, -0.1) is 12.4 Å². The van der Waals surface area contributed by atoms with Gasteiger partial charge in [0.15, 0.2) is 0 Å². The van der Waals surface area contributed by atoms with Gasteiger partial charge in [0.05, 0.1) is 18.5 Å². The lowest BCUT2D eigenvalue weighted by Crippen LogP contribution is -2.46. The number of hydrogen-bond donors (Lipinski definition) is 3. The van der Waals surface area contributed by atoms with Crippen molar-refractivity contribution in [2.24, 2.45) is 0 Å². The van der Waals surface area contributed by atoms with Crippen LogP contribution < -0.4 is 16.0 Å². The maximum absolute atomic E-state index is 13.5. The van der Waals surface area contributed by atoms with Gasteiger partial charge in [0.1, 0.15) is 23.3 Å². The van der Waals surface area contributed by atoms with E-state index in [1.165, 1.54) is 12.1 Å². The lowest BCUT2D eigenvalue weighted by Gasteiger charge is -2.35. The van der Waals surface area contributed by atoms with E-state index in [9.17, 15) is 8.78 Å². The van der Waals surface area contributed by atoms with Crippen LogP contribution in [-0.2, 0) is 0 Å². The minimum Gasteiger partial charge on any atom is -0.395 e. The predicted molar refractivity (Wildman–Crippen MR) is 135 cm³/mol. The Balaban J connectivity index is 0.00000342. The van der Waals surface area contributed by atoms with Crippen LogP contribution in [0.5, 0.6) is 0 Å². The topological polar surface area (TPSA) is 108 Å². The highest BCUT2D eigenvalue weighted by Crippen LogP contribution is 2.20. The van der Waals surface area contributed by atoms with Crippen molar-refractivity contribution < 1.29 is 13.9 Å². The molecule has 0 unspecified atom stereocenters. The number of nitrogen functional groups attached to an aromatic ring is 1. The van der Waals surface area contributed by atoms with Crippen molar-refractivity contribution in [1.82, 2.24) is 24.6 Å². The van der Waals surface area contributed by atoms with Crippen molar-refractivity contribution in [2.75, 3.05) is 61.8 Å². The van der Waals surface area contributed by atoms with Crippen LogP contribution in [0.2, 0.25) is 0 Å². The van der Waals surface area contributed by atoms with Crippen molar-refractivity contribution in [2.45, 2.75) is 6.92 Å². The first kappa shape index (κ1) is 26.3. The molecule has 0 amide bonds. The Kier molecular flexibility index (Phi) is 8.96. The highest BCUT2D eigenvalue weighted by molar-refractivity contribution is 5.85. The first-order valence-corrected chi connectivity index (χ1v) is 11.1. The zero-order valence-corrected chi connectivity index (χ0v) is 20.2. The van der Waals surface area contributed by atoms with Crippen LogP contribution in [0, 0.1) is 18.6 Å². The molecule has 2 aromatic heterocycles. The number of hydrogen-bond acceptors (Lipinski definition) is 8. The van der Waals surface area contributed by atoms with E-state index >= 15 is 0 Å². The first-order chi connectivity index (χ1) is 16.4. The quantitative estimate of drug-likeness (QED) is 0.427. The minimum absolute atomic E-state index is 0. The van der Waals surface area contributed by atoms with E-state index in [-0.39, 0.29) is 19.0 Å². The lowest BCUT2D eigenvalue weighted by atomic mass is 10.2. The molecule has 1 fully saturated rings. The molecule has 35 heavy (non-hydrogen) atoms. The number of anilines is 3. The van der Waals surface area contributed by atoms with Crippen LogP contribution in [0.1, 0.15) is 11.3 Å². The number of nitrogens with zero attached hydrogens (tertiary/aromatic N) is 6. The third-order valence-corrected chi connectivity index (χ3v) is 5.64. The Morgan fingerprint density at radius 1 is 1.09 bits per heavy atom. The number of aromatic nitrogens is 4. The molecule has 0 bridgehead atoms. The SMILES string of the molecule is Cc1c(C=CCN2CCN(c3cc(F)cc(F)c3)CC2)cnn1-c1nc(N)cc(NCCO)n1.Cl. The Bertz CT molecular complexity index is 1140. The fourth-order valence-electron chi connectivity index (χ4n) is 3.85. The average Bonchev–Trinajstić information content (AvgIpc) is 3.17. The Morgan fingerprint density at radius 2 is 1.80 bits per heavy atom. The van der Waals surface area contributed by atoms with Crippen LogP contribution in [0.25, 0.3) is 12.0 Å². The number of halogens is 3. The van der Waals surface area contributed by atoms with E-state index in [4.69, 9.17) is 10.8 Å². The van der Waals surface area contributed by atoms with Gasteiger partial charge in [0.25, 0.3) is 5.95 Å². The van der Waals surface area contributed by atoms with Gasteiger partial charge >= 0.3 is 0 Å². The molecule has 1 aromatic carbocycles. The molecule has 3 heterocycles. The highest BCUT2D eigenvalue weighted by atomic mass is 35.5. The Hall–Kier alpha value is -3.28. The standard InChI is InChI=1S/C23H28F2N8O.ClH/c1-16-17(15-28-33(16)23-29-21(26)14-22(30-23)27-4-10-34)3-2-5-31-6-8-32(9-7-31)20-12-18(24)11-19(25)13-20;/h2-3,11-15,34H,4-10H2,1H3,(H3,26,27,29,30);1H. The van der Waals surface area contributed by atoms with Crippen LogP contribution in [-0.4, -0.2) is 75.6 Å². The second-order valence-corrected chi connectivity index (χ2v) is 8.04. The number of benzene rings is 1. The van der Waals surface area contributed by atoms with E-state index in [2.05, 4.69) is 31.4 Å². The number of aliphatic hydroxyl groups is 1. The molecular weight excluding hydrogens is 478 g/mol. The van der Waals surface area contributed by atoms with Gasteiger partial charge < -0.3 is 21.1 Å². The summed E-state index contributed by atoms with van der Waals surface area (Å²) < 4.78 is 28.6. The second kappa shape index (κ2) is 11.9. The third kappa shape index (κ3) is 6.65. The maximum Gasteiger partial charge on any atom is 0.254 e. The molecule has 4 rings (SSSR count). The summed E-state index contributed by atoms with van der Waals surface area (Å²) in [6, 6.07) is 5.23. The van der Waals surface area contributed by atoms with Gasteiger partial charge in [-0.1, -0.05) is 12.2 Å². The summed E-state index contributed by atoms with van der Waals surface area (Å²) in [6.45, 7) is 6.00. The molecular formula is C23H29ClF2N8O. The van der Waals surface area contributed by atoms with E-state index in [1.54, 1.807) is 16.9 Å². The van der Waals surface area contributed by atoms with Gasteiger partial charge in [-0.05, 0) is 19.1 Å². The Labute approximate surface area is 208 Å². The number of nitrogens with one attached hydrogen (secondary N) is 1. The maximum atomic E-state index is 13.5. The monoisotopic (exact) mass is 506 g/mol. The Morgan fingerprint density at radius 3 is 2.49 bits per heavy atom. The van der Waals surface area contributed by atoms with Crippen molar-refractivity contribution >= 4 is 35.8 Å². The fourth-order valence-corrected chi connectivity index (χ4v) is 3.85. The summed E-state index contributed by atoms with van der Waals surface area (Å²) in [6.07, 6.45) is 5.82. The molecule has 0 spiro atoms. The zero-order chi connectivity index (χ0) is 24.1. The number of piperazine rings is 1. The van der Waals surface area contributed by atoms with Crippen LogP contribution in [0.15, 0.2) is 36.5 Å². The molecule has 0 saturated carbocycles. The summed E-state index contributed by atoms with van der Waals surface area (Å²) in [5.74, 6) is 0.0544. The molecule has 1 saturated heterocycles. The van der Waals surface area contributed by atoms with Crippen LogP contribution >= 0.6 is 12.4 Å². The summed E-state index contributed by atoms with van der Waals surface area (Å²) in [4.78, 5) is 13.0. The molecule has 1 aliphatic heterocycles. The van der Waals surface area contributed by atoms with Gasteiger partial charge in [-0.2, -0.15) is 15.1 Å². The first-order valence-electron chi connectivity index (χ1n) is 11.1. The van der Waals surface area contributed by atoms with Gasteiger partial charge in [-0.3, -0.25) is 4.90 Å². The molecule has 3 aromatic rings. The summed E-state index contributed by atoms with van der Waals surface area (Å²) in [5, 5.41) is 16.4. The number of nitrogens with two attached hydrogens (primary N) is 1.